The summed E-state index contributed by atoms with van der Waals surface area (Å²) >= 11 is 5.86. The van der Waals surface area contributed by atoms with Gasteiger partial charge in [0.25, 0.3) is 0 Å². The predicted octanol–water partition coefficient (Wildman–Crippen LogP) is 3.88. The van der Waals surface area contributed by atoms with E-state index in [2.05, 4.69) is 16.4 Å². The molecular weight excluding hydrogens is 263 g/mol. The molecule has 0 fully saturated rings. The molecule has 4 heteroatoms. The van der Waals surface area contributed by atoms with Crippen LogP contribution >= 0.6 is 11.6 Å². The molecule has 0 radical (unpaired) electrons. The molecule has 1 N–H and O–H groups in total. The van der Waals surface area contributed by atoms with E-state index in [4.69, 9.17) is 11.6 Å². The van der Waals surface area contributed by atoms with Gasteiger partial charge in [-0.05, 0) is 42.3 Å². The highest BCUT2D eigenvalue weighted by Crippen LogP contribution is 2.26. The molecule has 100 valence electrons. The first kappa shape index (κ1) is 14.0. The van der Waals surface area contributed by atoms with Crippen LogP contribution in [0.25, 0.3) is 0 Å². The van der Waals surface area contributed by atoms with Crippen LogP contribution in [-0.4, -0.2) is 11.5 Å². The molecule has 0 aliphatic rings. The Balaban J connectivity index is 2.42. The molecule has 0 spiro atoms. The number of benzene rings is 1. The van der Waals surface area contributed by atoms with Crippen LogP contribution in [-0.2, 0) is 0 Å². The normalized spacial score (nSPS) is 12.4. The molecule has 1 aromatic heterocycles. The largest absolute Gasteiger partial charge is 0.306 e. The van der Waals surface area contributed by atoms with Gasteiger partial charge in [0.05, 0.1) is 11.1 Å². The van der Waals surface area contributed by atoms with Gasteiger partial charge < -0.3 is 5.32 Å². The third-order valence-corrected chi connectivity index (χ3v) is 3.20. The molecule has 0 aliphatic carbocycles. The molecule has 2 aromatic rings. The fourth-order valence-electron chi connectivity index (χ4n) is 2.06. The first-order valence-electron chi connectivity index (χ1n) is 6.21. The summed E-state index contributed by atoms with van der Waals surface area (Å²) in [5.41, 5.74) is 3.07. The van der Waals surface area contributed by atoms with Gasteiger partial charge in [0, 0.05) is 12.4 Å². The average molecular weight is 279 g/mol. The molecule has 1 heterocycles. The molecule has 0 bridgehead atoms. The van der Waals surface area contributed by atoms with Crippen molar-refractivity contribution < 1.29 is 4.39 Å². The topological polar surface area (TPSA) is 24.9 Å². The Hall–Kier alpha value is -1.45. The van der Waals surface area contributed by atoms with Gasteiger partial charge in [0.15, 0.2) is 0 Å². The lowest BCUT2D eigenvalue weighted by Gasteiger charge is -2.19. The molecular formula is C15H16ClFN2. The van der Waals surface area contributed by atoms with Gasteiger partial charge in [-0.1, -0.05) is 30.7 Å². The van der Waals surface area contributed by atoms with Crippen molar-refractivity contribution >= 4 is 11.6 Å². The zero-order valence-electron chi connectivity index (χ0n) is 11.0. The standard InChI is InChI=1S/C15H16ClFN2/c1-3-19-15(12-6-10(2)8-18-9-12)11-4-5-14(17)13(16)7-11/h4-9,15,19H,3H2,1-2H3. The zero-order chi connectivity index (χ0) is 13.8. The highest BCUT2D eigenvalue weighted by Gasteiger charge is 2.15. The Morgan fingerprint density at radius 2 is 2.05 bits per heavy atom. The Bertz CT molecular complexity index is 572. The summed E-state index contributed by atoms with van der Waals surface area (Å²) in [6.45, 7) is 4.83. The molecule has 0 amide bonds. The lowest BCUT2D eigenvalue weighted by molar-refractivity contribution is 0.613. The van der Waals surface area contributed by atoms with Crippen LogP contribution in [0, 0.1) is 12.7 Å². The maximum Gasteiger partial charge on any atom is 0.141 e. The van der Waals surface area contributed by atoms with Crippen molar-refractivity contribution in [2.75, 3.05) is 6.54 Å². The lowest BCUT2D eigenvalue weighted by atomic mass is 9.99. The van der Waals surface area contributed by atoms with Crippen LogP contribution in [0.5, 0.6) is 0 Å². The first-order chi connectivity index (χ1) is 9.11. The summed E-state index contributed by atoms with van der Waals surface area (Å²) in [4.78, 5) is 4.21. The van der Waals surface area contributed by atoms with Gasteiger partial charge in [-0.25, -0.2) is 4.39 Å². The Labute approximate surface area is 117 Å². The predicted molar refractivity (Wildman–Crippen MR) is 75.9 cm³/mol. The number of hydrogen-bond acceptors (Lipinski definition) is 2. The lowest BCUT2D eigenvalue weighted by Crippen LogP contribution is -2.22. The van der Waals surface area contributed by atoms with Gasteiger partial charge in [0.2, 0.25) is 0 Å². The van der Waals surface area contributed by atoms with Crippen molar-refractivity contribution in [2.45, 2.75) is 19.9 Å². The van der Waals surface area contributed by atoms with Crippen molar-refractivity contribution in [1.82, 2.24) is 10.3 Å². The van der Waals surface area contributed by atoms with Crippen LogP contribution in [0.4, 0.5) is 4.39 Å². The number of nitrogens with one attached hydrogen (secondary N) is 1. The van der Waals surface area contributed by atoms with Gasteiger partial charge in [-0.15, -0.1) is 0 Å². The minimum absolute atomic E-state index is 0.0319. The van der Waals surface area contributed by atoms with Crippen LogP contribution in [0.3, 0.4) is 0 Å². The van der Waals surface area contributed by atoms with Crippen LogP contribution < -0.4 is 5.32 Å². The summed E-state index contributed by atoms with van der Waals surface area (Å²) in [5.74, 6) is -0.400. The van der Waals surface area contributed by atoms with E-state index in [1.165, 1.54) is 6.07 Å². The zero-order valence-corrected chi connectivity index (χ0v) is 11.7. The smallest absolute Gasteiger partial charge is 0.141 e. The maximum absolute atomic E-state index is 13.2. The van der Waals surface area contributed by atoms with Gasteiger partial charge >= 0.3 is 0 Å². The molecule has 2 rings (SSSR count). The highest BCUT2D eigenvalue weighted by atomic mass is 35.5. The third-order valence-electron chi connectivity index (χ3n) is 2.91. The van der Waals surface area contributed by atoms with E-state index in [9.17, 15) is 4.39 Å². The van der Waals surface area contributed by atoms with E-state index in [0.29, 0.717) is 0 Å². The number of nitrogens with zero attached hydrogens (tertiary/aromatic N) is 1. The highest BCUT2D eigenvalue weighted by molar-refractivity contribution is 6.30. The van der Waals surface area contributed by atoms with Crippen molar-refractivity contribution in [3.63, 3.8) is 0 Å². The third kappa shape index (κ3) is 3.31. The van der Waals surface area contributed by atoms with E-state index in [1.807, 2.05) is 26.2 Å². The minimum Gasteiger partial charge on any atom is -0.306 e. The second-order valence-electron chi connectivity index (χ2n) is 4.46. The molecule has 2 nitrogen and oxygen atoms in total. The van der Waals surface area contributed by atoms with E-state index < -0.39 is 5.82 Å². The number of halogens is 2. The molecule has 0 saturated heterocycles. The summed E-state index contributed by atoms with van der Waals surface area (Å²) in [5, 5.41) is 3.51. The molecule has 1 unspecified atom stereocenters. The average Bonchev–Trinajstić information content (AvgIpc) is 2.39. The van der Waals surface area contributed by atoms with Crippen LogP contribution in [0.1, 0.15) is 29.7 Å². The molecule has 0 saturated carbocycles. The Morgan fingerprint density at radius 1 is 1.26 bits per heavy atom. The van der Waals surface area contributed by atoms with Crippen molar-refractivity contribution in [3.05, 3.63) is 64.2 Å². The van der Waals surface area contributed by atoms with Gasteiger partial charge in [0.1, 0.15) is 5.82 Å². The Kier molecular flexibility index (Phi) is 4.51. The summed E-state index contributed by atoms with van der Waals surface area (Å²) in [6, 6.07) is 6.84. The summed E-state index contributed by atoms with van der Waals surface area (Å²) in [7, 11) is 0. The van der Waals surface area contributed by atoms with Crippen LogP contribution in [0.15, 0.2) is 36.7 Å². The SMILES string of the molecule is CCNC(c1cncc(C)c1)c1ccc(F)c(Cl)c1. The van der Waals surface area contributed by atoms with E-state index in [0.717, 1.165) is 23.2 Å². The monoisotopic (exact) mass is 278 g/mol. The second kappa shape index (κ2) is 6.13. The van der Waals surface area contributed by atoms with Gasteiger partial charge in [-0.3, -0.25) is 4.98 Å². The second-order valence-corrected chi connectivity index (χ2v) is 4.87. The Morgan fingerprint density at radius 3 is 2.68 bits per heavy atom. The molecule has 1 aromatic carbocycles. The van der Waals surface area contributed by atoms with E-state index in [-0.39, 0.29) is 11.1 Å². The fourth-order valence-corrected chi connectivity index (χ4v) is 2.25. The van der Waals surface area contributed by atoms with Crippen LogP contribution in [0.2, 0.25) is 5.02 Å². The summed E-state index contributed by atoms with van der Waals surface area (Å²) in [6.07, 6.45) is 3.63. The number of aromatic nitrogens is 1. The van der Waals surface area contributed by atoms with Crippen molar-refractivity contribution in [2.24, 2.45) is 0 Å². The minimum atomic E-state index is -0.400. The summed E-state index contributed by atoms with van der Waals surface area (Å²) < 4.78 is 13.2. The molecule has 19 heavy (non-hydrogen) atoms. The van der Waals surface area contributed by atoms with E-state index in [1.54, 1.807) is 12.1 Å². The first-order valence-corrected chi connectivity index (χ1v) is 6.59. The number of hydrogen-bond donors (Lipinski definition) is 1. The molecule has 1 atom stereocenters. The van der Waals surface area contributed by atoms with Crippen molar-refractivity contribution in [3.8, 4) is 0 Å². The number of rotatable bonds is 4. The number of aryl methyl sites for hydroxylation is 1. The molecule has 0 aliphatic heterocycles. The quantitative estimate of drug-likeness (QED) is 0.918. The van der Waals surface area contributed by atoms with Crippen molar-refractivity contribution in [1.29, 1.82) is 0 Å². The fraction of sp³-hybridized carbons (Fsp3) is 0.267. The number of pyridine rings is 1. The van der Waals surface area contributed by atoms with E-state index >= 15 is 0 Å². The van der Waals surface area contributed by atoms with Gasteiger partial charge in [-0.2, -0.15) is 0 Å². The maximum atomic E-state index is 13.2.